The Kier molecular flexibility index (Phi) is 2.38. The molecular formula is C7H8F2N2. The lowest BCUT2D eigenvalue weighted by Crippen LogP contribution is -2.35. The molecule has 0 heterocycles. The Bertz CT molecular complexity index is 213. The molecule has 4 heteroatoms. The van der Waals surface area contributed by atoms with Gasteiger partial charge in [0.2, 0.25) is 0 Å². The summed E-state index contributed by atoms with van der Waals surface area (Å²) in [6.07, 6.45) is 0. The molecule has 60 valence electrons. The molecule has 0 saturated heterocycles. The average molecular weight is 158 g/mol. The second-order valence-corrected chi connectivity index (χ2v) is 2.02. The Morgan fingerprint density at radius 3 is 2.18 bits per heavy atom. The van der Waals surface area contributed by atoms with E-state index in [0.29, 0.717) is 10.7 Å². The molecule has 2 N–H and O–H groups in total. The summed E-state index contributed by atoms with van der Waals surface area (Å²) in [6, 6.07) is 8.08. The summed E-state index contributed by atoms with van der Waals surface area (Å²) in [6.45, 7) is -2.66. The van der Waals surface area contributed by atoms with Crippen LogP contribution in [0.5, 0.6) is 0 Å². The number of hydrogen-bond acceptors (Lipinski definition) is 2. The summed E-state index contributed by atoms with van der Waals surface area (Å²) >= 11 is 0. The smallest absolute Gasteiger partial charge is 0.252 e. The number of alkyl halides is 2. The Morgan fingerprint density at radius 1 is 1.18 bits per heavy atom. The molecule has 0 fully saturated rings. The summed E-state index contributed by atoms with van der Waals surface area (Å²) in [7, 11) is 0. The van der Waals surface area contributed by atoms with Crippen molar-refractivity contribution in [3.05, 3.63) is 30.3 Å². The lowest BCUT2D eigenvalue weighted by molar-refractivity contribution is 0.142. The summed E-state index contributed by atoms with van der Waals surface area (Å²) in [5.74, 6) is 5.02. The summed E-state index contributed by atoms with van der Waals surface area (Å²) in [4.78, 5) is 0. The molecule has 1 aromatic carbocycles. The highest BCUT2D eigenvalue weighted by Crippen LogP contribution is 2.12. The van der Waals surface area contributed by atoms with E-state index in [9.17, 15) is 8.78 Å². The molecule has 0 aliphatic heterocycles. The van der Waals surface area contributed by atoms with Gasteiger partial charge in [-0.15, -0.1) is 0 Å². The minimum Gasteiger partial charge on any atom is -0.252 e. The van der Waals surface area contributed by atoms with Crippen LogP contribution in [0.15, 0.2) is 30.3 Å². The monoisotopic (exact) mass is 158 g/mol. The molecule has 1 aromatic rings. The van der Waals surface area contributed by atoms with Crippen LogP contribution in [-0.4, -0.2) is 6.55 Å². The number of rotatable bonds is 2. The van der Waals surface area contributed by atoms with Crippen molar-refractivity contribution < 1.29 is 8.78 Å². The van der Waals surface area contributed by atoms with Crippen molar-refractivity contribution >= 4 is 5.69 Å². The zero-order chi connectivity index (χ0) is 8.27. The number of para-hydroxylation sites is 1. The second kappa shape index (κ2) is 3.30. The van der Waals surface area contributed by atoms with Crippen molar-refractivity contribution in [1.29, 1.82) is 0 Å². The van der Waals surface area contributed by atoms with Crippen LogP contribution in [0.4, 0.5) is 14.5 Å². The van der Waals surface area contributed by atoms with Gasteiger partial charge >= 0.3 is 6.55 Å². The van der Waals surface area contributed by atoms with Crippen LogP contribution in [0.2, 0.25) is 0 Å². The normalized spacial score (nSPS) is 10.2. The fourth-order valence-electron chi connectivity index (χ4n) is 0.713. The van der Waals surface area contributed by atoms with Crippen molar-refractivity contribution in [3.63, 3.8) is 0 Å². The van der Waals surface area contributed by atoms with Crippen LogP contribution in [0.25, 0.3) is 0 Å². The van der Waals surface area contributed by atoms with Crippen LogP contribution in [-0.2, 0) is 0 Å². The number of nitrogens with two attached hydrogens (primary N) is 1. The highest BCUT2D eigenvalue weighted by Gasteiger charge is 2.10. The Balaban J connectivity index is 2.77. The average Bonchev–Trinajstić information content (AvgIpc) is 2.05. The van der Waals surface area contributed by atoms with Gasteiger partial charge in [0.1, 0.15) is 0 Å². The molecule has 0 amide bonds. The largest absolute Gasteiger partial charge is 0.328 e. The Morgan fingerprint density at radius 2 is 1.73 bits per heavy atom. The highest BCUT2D eigenvalue weighted by atomic mass is 19.3. The molecular weight excluding hydrogens is 150 g/mol. The maximum Gasteiger partial charge on any atom is 0.328 e. The first-order valence-electron chi connectivity index (χ1n) is 3.09. The zero-order valence-electron chi connectivity index (χ0n) is 5.74. The van der Waals surface area contributed by atoms with Crippen LogP contribution in [0.3, 0.4) is 0 Å². The molecule has 0 aromatic heterocycles. The van der Waals surface area contributed by atoms with Crippen molar-refractivity contribution in [2.75, 3.05) is 5.01 Å². The van der Waals surface area contributed by atoms with Crippen LogP contribution < -0.4 is 10.9 Å². The van der Waals surface area contributed by atoms with E-state index in [-0.39, 0.29) is 0 Å². The summed E-state index contributed by atoms with van der Waals surface area (Å²) in [5.41, 5.74) is 0.308. The van der Waals surface area contributed by atoms with E-state index >= 15 is 0 Å². The molecule has 0 spiro atoms. The molecule has 0 radical (unpaired) electrons. The Hall–Kier alpha value is -1.16. The van der Waals surface area contributed by atoms with E-state index in [1.807, 2.05) is 0 Å². The topological polar surface area (TPSA) is 29.3 Å². The molecule has 11 heavy (non-hydrogen) atoms. The first-order valence-corrected chi connectivity index (χ1v) is 3.09. The summed E-state index contributed by atoms with van der Waals surface area (Å²) < 4.78 is 23.8. The van der Waals surface area contributed by atoms with Crippen molar-refractivity contribution in [2.45, 2.75) is 6.55 Å². The Labute approximate surface area is 63.2 Å². The second-order valence-electron chi connectivity index (χ2n) is 2.02. The van der Waals surface area contributed by atoms with Crippen molar-refractivity contribution in [1.82, 2.24) is 0 Å². The van der Waals surface area contributed by atoms with Gasteiger partial charge in [0, 0.05) is 0 Å². The molecule has 0 aliphatic rings. The SMILES string of the molecule is NN(c1ccccc1)C(F)F. The maximum absolute atomic E-state index is 11.9. The molecule has 1 rings (SSSR count). The van der Waals surface area contributed by atoms with Crippen molar-refractivity contribution in [3.8, 4) is 0 Å². The number of anilines is 1. The lowest BCUT2D eigenvalue weighted by atomic mass is 10.3. The fraction of sp³-hybridized carbons (Fsp3) is 0.143. The number of hydrazine groups is 1. The van der Waals surface area contributed by atoms with Gasteiger partial charge in [0.05, 0.1) is 5.69 Å². The minimum absolute atomic E-state index is 0.308. The fourth-order valence-corrected chi connectivity index (χ4v) is 0.713. The predicted molar refractivity (Wildman–Crippen MR) is 39.1 cm³/mol. The first kappa shape index (κ1) is 7.94. The van der Waals surface area contributed by atoms with Gasteiger partial charge in [-0.3, -0.25) is 5.01 Å². The van der Waals surface area contributed by atoms with Gasteiger partial charge in [-0.1, -0.05) is 18.2 Å². The van der Waals surface area contributed by atoms with Crippen LogP contribution in [0.1, 0.15) is 0 Å². The zero-order valence-corrected chi connectivity index (χ0v) is 5.74. The first-order chi connectivity index (χ1) is 5.22. The standard InChI is InChI=1S/C7H8F2N2/c8-7(9)11(10)6-4-2-1-3-5-6/h1-5,7H,10H2. The van der Waals surface area contributed by atoms with Gasteiger partial charge < -0.3 is 0 Å². The number of benzene rings is 1. The molecule has 0 atom stereocenters. The maximum atomic E-state index is 11.9. The van der Waals surface area contributed by atoms with E-state index in [1.54, 1.807) is 18.2 Å². The molecule has 0 saturated carbocycles. The minimum atomic E-state index is -2.66. The lowest BCUT2D eigenvalue weighted by Gasteiger charge is -2.16. The number of halogens is 2. The van der Waals surface area contributed by atoms with Gasteiger partial charge in [0.25, 0.3) is 0 Å². The third kappa shape index (κ3) is 1.88. The number of nitrogens with zero attached hydrogens (tertiary/aromatic N) is 1. The van der Waals surface area contributed by atoms with E-state index < -0.39 is 6.55 Å². The summed E-state index contributed by atoms with van der Waals surface area (Å²) in [5, 5.41) is 0.417. The predicted octanol–water partition coefficient (Wildman–Crippen LogP) is 1.59. The van der Waals surface area contributed by atoms with E-state index in [1.165, 1.54) is 12.1 Å². The third-order valence-electron chi connectivity index (χ3n) is 1.26. The van der Waals surface area contributed by atoms with Gasteiger partial charge in [-0.05, 0) is 12.1 Å². The molecule has 0 bridgehead atoms. The highest BCUT2D eigenvalue weighted by molar-refractivity contribution is 5.44. The van der Waals surface area contributed by atoms with E-state index in [0.717, 1.165) is 0 Å². The van der Waals surface area contributed by atoms with Crippen molar-refractivity contribution in [2.24, 2.45) is 5.84 Å². The van der Waals surface area contributed by atoms with E-state index in [2.05, 4.69) is 0 Å². The molecule has 0 unspecified atom stereocenters. The van der Waals surface area contributed by atoms with Gasteiger partial charge in [-0.2, -0.15) is 8.78 Å². The van der Waals surface area contributed by atoms with Crippen LogP contribution >= 0.6 is 0 Å². The van der Waals surface area contributed by atoms with Crippen LogP contribution in [0, 0.1) is 0 Å². The molecule has 0 aliphatic carbocycles. The molecule has 2 nitrogen and oxygen atoms in total. The van der Waals surface area contributed by atoms with E-state index in [4.69, 9.17) is 5.84 Å². The van der Waals surface area contributed by atoms with Gasteiger partial charge in [0.15, 0.2) is 0 Å². The number of hydrogen-bond donors (Lipinski definition) is 1. The quantitative estimate of drug-likeness (QED) is 0.402. The van der Waals surface area contributed by atoms with Gasteiger partial charge in [-0.25, -0.2) is 5.84 Å². The third-order valence-corrected chi connectivity index (χ3v) is 1.26.